The number of carbonyl (C=O) groups excluding carboxylic acids is 1. The van der Waals surface area contributed by atoms with Crippen molar-refractivity contribution in [1.82, 2.24) is 20.1 Å². The molecule has 0 aliphatic heterocycles. The molecule has 0 aliphatic rings. The lowest BCUT2D eigenvalue weighted by molar-refractivity contribution is 0.0946. The molecule has 0 saturated heterocycles. The van der Waals surface area contributed by atoms with Crippen molar-refractivity contribution in [2.75, 3.05) is 0 Å². The monoisotopic (exact) mass is 390 g/mol. The van der Waals surface area contributed by atoms with Gasteiger partial charge in [-0.15, -0.1) is 0 Å². The van der Waals surface area contributed by atoms with Gasteiger partial charge in [0, 0.05) is 29.3 Å². The molecule has 0 spiro atoms. The second kappa shape index (κ2) is 7.62. The lowest BCUT2D eigenvalue weighted by Gasteiger charge is -2.11. The van der Waals surface area contributed by atoms with E-state index >= 15 is 0 Å². The van der Waals surface area contributed by atoms with E-state index in [4.69, 9.17) is 11.6 Å². The van der Waals surface area contributed by atoms with Crippen molar-refractivity contribution in [3.63, 3.8) is 0 Å². The molecule has 7 heteroatoms. The molecule has 4 rings (SSSR count). The highest BCUT2D eigenvalue weighted by atomic mass is 35.5. The van der Waals surface area contributed by atoms with E-state index in [1.54, 1.807) is 60.9 Å². The van der Waals surface area contributed by atoms with Crippen LogP contribution in [0.3, 0.4) is 0 Å². The van der Waals surface area contributed by atoms with Crippen molar-refractivity contribution in [2.45, 2.75) is 6.54 Å². The zero-order valence-electron chi connectivity index (χ0n) is 14.7. The van der Waals surface area contributed by atoms with Crippen LogP contribution in [0.1, 0.15) is 16.1 Å². The fourth-order valence-electron chi connectivity index (χ4n) is 2.88. The number of pyridine rings is 1. The van der Waals surface area contributed by atoms with Gasteiger partial charge in [-0.3, -0.25) is 14.6 Å². The van der Waals surface area contributed by atoms with Crippen molar-refractivity contribution < 1.29 is 4.79 Å². The number of fused-ring (bicyclic) bond motifs is 1. The Morgan fingerprint density at radius 2 is 1.64 bits per heavy atom. The lowest BCUT2D eigenvalue weighted by Crippen LogP contribution is -2.29. The minimum atomic E-state index is -0.365. The Balaban J connectivity index is 1.78. The third kappa shape index (κ3) is 3.50. The molecule has 0 atom stereocenters. The molecule has 2 aromatic carbocycles. The third-order valence-electron chi connectivity index (χ3n) is 4.29. The molecule has 6 nitrogen and oxygen atoms in total. The summed E-state index contributed by atoms with van der Waals surface area (Å²) in [6.45, 7) is 0.331. The van der Waals surface area contributed by atoms with Gasteiger partial charge in [-0.2, -0.15) is 9.78 Å². The number of hydrogen-bond donors (Lipinski definition) is 1. The summed E-state index contributed by atoms with van der Waals surface area (Å²) in [6.07, 6.45) is 3.33. The van der Waals surface area contributed by atoms with E-state index in [0.717, 1.165) is 5.56 Å². The summed E-state index contributed by atoms with van der Waals surface area (Å²) in [7, 11) is 0. The number of nitrogens with one attached hydrogen (secondary N) is 1. The van der Waals surface area contributed by atoms with E-state index < -0.39 is 0 Å². The number of amides is 1. The average molecular weight is 391 g/mol. The topological polar surface area (TPSA) is 76.9 Å². The van der Waals surface area contributed by atoms with Crippen molar-refractivity contribution in [3.05, 3.63) is 99.7 Å². The van der Waals surface area contributed by atoms with Crippen LogP contribution < -0.4 is 10.9 Å². The first kappa shape index (κ1) is 17.9. The number of benzene rings is 2. The largest absolute Gasteiger partial charge is 0.347 e. The van der Waals surface area contributed by atoms with E-state index in [2.05, 4.69) is 15.4 Å². The minimum absolute atomic E-state index is 0.180. The second-order valence-corrected chi connectivity index (χ2v) is 6.56. The molecule has 0 fully saturated rings. The Labute approximate surface area is 165 Å². The van der Waals surface area contributed by atoms with E-state index in [1.807, 2.05) is 12.1 Å². The van der Waals surface area contributed by atoms with Crippen molar-refractivity contribution >= 4 is 28.3 Å². The van der Waals surface area contributed by atoms with Gasteiger partial charge in [-0.1, -0.05) is 29.8 Å². The molecule has 0 unspecified atom stereocenters. The number of aromatic nitrogens is 3. The van der Waals surface area contributed by atoms with Crippen molar-refractivity contribution in [2.24, 2.45) is 0 Å². The summed E-state index contributed by atoms with van der Waals surface area (Å²) in [5.41, 5.74) is 1.32. The van der Waals surface area contributed by atoms with Crippen LogP contribution in [0.15, 0.2) is 77.9 Å². The molecule has 2 aromatic heterocycles. The van der Waals surface area contributed by atoms with Crippen LogP contribution in [0.25, 0.3) is 16.5 Å². The van der Waals surface area contributed by atoms with Crippen LogP contribution in [-0.4, -0.2) is 20.7 Å². The predicted molar refractivity (Wildman–Crippen MR) is 108 cm³/mol. The first-order valence-electron chi connectivity index (χ1n) is 8.58. The van der Waals surface area contributed by atoms with Crippen LogP contribution in [0.5, 0.6) is 0 Å². The first-order valence-corrected chi connectivity index (χ1v) is 8.96. The van der Waals surface area contributed by atoms with Gasteiger partial charge >= 0.3 is 0 Å². The van der Waals surface area contributed by atoms with Crippen molar-refractivity contribution in [1.29, 1.82) is 0 Å². The summed E-state index contributed by atoms with van der Waals surface area (Å²) >= 11 is 5.94. The lowest BCUT2D eigenvalue weighted by atomic mass is 10.1. The number of halogens is 1. The Hall–Kier alpha value is -3.51. The molecule has 2 heterocycles. The van der Waals surface area contributed by atoms with E-state index in [-0.39, 0.29) is 17.2 Å². The van der Waals surface area contributed by atoms with Crippen LogP contribution in [0.4, 0.5) is 0 Å². The highest BCUT2D eigenvalue weighted by Crippen LogP contribution is 2.17. The van der Waals surface area contributed by atoms with Gasteiger partial charge in [-0.05, 0) is 48.0 Å². The normalized spacial score (nSPS) is 10.8. The Morgan fingerprint density at radius 3 is 2.36 bits per heavy atom. The maximum absolute atomic E-state index is 12.9. The predicted octanol–water partition coefficient (Wildman–Crippen LogP) is 3.36. The summed E-state index contributed by atoms with van der Waals surface area (Å²) in [5, 5.41) is 8.67. The highest BCUT2D eigenvalue weighted by molar-refractivity contribution is 6.30. The Morgan fingerprint density at radius 1 is 0.964 bits per heavy atom. The van der Waals surface area contributed by atoms with Gasteiger partial charge in [0.25, 0.3) is 11.5 Å². The number of hydrogen-bond acceptors (Lipinski definition) is 4. The van der Waals surface area contributed by atoms with Gasteiger partial charge in [0.2, 0.25) is 0 Å². The van der Waals surface area contributed by atoms with Gasteiger partial charge < -0.3 is 5.32 Å². The standard InChI is InChI=1S/C21H15ClN4O2/c22-15-5-7-16(8-6-15)26-21(28)18-4-2-1-3-17(18)19(25-26)20(27)24-13-14-9-11-23-12-10-14/h1-12H,13H2,(H,24,27). The molecule has 28 heavy (non-hydrogen) atoms. The van der Waals surface area contributed by atoms with E-state index in [0.29, 0.717) is 28.0 Å². The third-order valence-corrected chi connectivity index (χ3v) is 4.55. The number of nitrogens with zero attached hydrogens (tertiary/aromatic N) is 3. The van der Waals surface area contributed by atoms with E-state index in [9.17, 15) is 9.59 Å². The maximum atomic E-state index is 12.9. The fraction of sp³-hybridized carbons (Fsp3) is 0.0476. The number of rotatable bonds is 4. The highest BCUT2D eigenvalue weighted by Gasteiger charge is 2.17. The van der Waals surface area contributed by atoms with E-state index in [1.165, 1.54) is 4.68 Å². The summed E-state index contributed by atoms with van der Waals surface area (Å²) < 4.78 is 1.22. The number of carbonyl (C=O) groups is 1. The Kier molecular flexibility index (Phi) is 4.87. The molecule has 0 saturated carbocycles. The fourth-order valence-corrected chi connectivity index (χ4v) is 3.01. The first-order chi connectivity index (χ1) is 13.6. The quantitative estimate of drug-likeness (QED) is 0.579. The van der Waals surface area contributed by atoms with Gasteiger partial charge in [0.05, 0.1) is 11.1 Å². The summed E-state index contributed by atoms with van der Waals surface area (Å²) in [4.78, 5) is 29.7. The molecule has 1 N–H and O–H groups in total. The van der Waals surface area contributed by atoms with Crippen molar-refractivity contribution in [3.8, 4) is 5.69 Å². The zero-order chi connectivity index (χ0) is 19.5. The summed E-state index contributed by atoms with van der Waals surface area (Å²) in [5.74, 6) is -0.365. The molecule has 138 valence electrons. The van der Waals surface area contributed by atoms with Crippen LogP contribution in [-0.2, 0) is 6.54 Å². The molecular formula is C21H15ClN4O2. The molecule has 0 radical (unpaired) electrons. The van der Waals surface area contributed by atoms with Crippen LogP contribution in [0, 0.1) is 0 Å². The molecule has 0 bridgehead atoms. The van der Waals surface area contributed by atoms with Gasteiger partial charge in [0.1, 0.15) is 0 Å². The van der Waals surface area contributed by atoms with Crippen LogP contribution in [0.2, 0.25) is 5.02 Å². The molecule has 4 aromatic rings. The van der Waals surface area contributed by atoms with Crippen LogP contribution >= 0.6 is 11.6 Å². The SMILES string of the molecule is O=C(NCc1ccncc1)c1nn(-c2ccc(Cl)cc2)c(=O)c2ccccc12. The molecule has 0 aliphatic carbocycles. The molecule has 1 amide bonds. The minimum Gasteiger partial charge on any atom is -0.347 e. The smallest absolute Gasteiger partial charge is 0.279 e. The van der Waals surface area contributed by atoms with Gasteiger partial charge in [0.15, 0.2) is 5.69 Å². The zero-order valence-corrected chi connectivity index (χ0v) is 15.4. The second-order valence-electron chi connectivity index (χ2n) is 6.13. The summed E-state index contributed by atoms with van der Waals surface area (Å²) in [6, 6.07) is 17.3. The van der Waals surface area contributed by atoms with Gasteiger partial charge in [-0.25, -0.2) is 0 Å². The average Bonchev–Trinajstić information content (AvgIpc) is 2.74. The Bertz CT molecular complexity index is 1200. The molecular weight excluding hydrogens is 376 g/mol. The maximum Gasteiger partial charge on any atom is 0.279 e.